The van der Waals surface area contributed by atoms with Crippen molar-refractivity contribution in [1.29, 1.82) is 0 Å². The number of nitrogens with one attached hydrogen (secondary N) is 1. The molecule has 2 aromatic rings. The molecule has 2 amide bonds. The maximum absolute atomic E-state index is 12.7. The number of hydrogen-bond acceptors (Lipinski definition) is 4. The molecule has 0 aliphatic carbocycles. The minimum atomic E-state index is -0.353. The Morgan fingerprint density at radius 3 is 2.64 bits per heavy atom. The number of amides is 2. The van der Waals surface area contributed by atoms with E-state index in [2.05, 4.69) is 5.32 Å². The van der Waals surface area contributed by atoms with E-state index < -0.39 is 0 Å². The zero-order valence-electron chi connectivity index (χ0n) is 15.9. The summed E-state index contributed by atoms with van der Waals surface area (Å²) in [5.41, 5.74) is 2.91. The third kappa shape index (κ3) is 4.11. The summed E-state index contributed by atoms with van der Waals surface area (Å²) in [4.78, 5) is 26.8. The van der Waals surface area contributed by atoms with Crippen molar-refractivity contribution in [3.05, 3.63) is 53.6 Å². The van der Waals surface area contributed by atoms with Crippen LogP contribution in [0.5, 0.6) is 11.5 Å². The molecule has 0 spiro atoms. The summed E-state index contributed by atoms with van der Waals surface area (Å²) in [5.74, 6) is 0.845. The summed E-state index contributed by atoms with van der Waals surface area (Å²) in [6, 6.07) is 13.5. The molecule has 6 nitrogen and oxygen atoms in total. The van der Waals surface area contributed by atoms with Crippen LogP contribution in [0.4, 0.5) is 5.69 Å². The number of rotatable bonds is 4. The first-order valence-corrected chi connectivity index (χ1v) is 9.62. The molecule has 4 rings (SSSR count). The number of carbonyl (C=O) groups is 2. The van der Waals surface area contributed by atoms with E-state index in [1.807, 2.05) is 31.2 Å². The number of hydrogen-bond donors (Lipinski definition) is 1. The molecule has 1 atom stereocenters. The van der Waals surface area contributed by atoms with Gasteiger partial charge in [0.05, 0.1) is 19.1 Å². The third-order valence-electron chi connectivity index (χ3n) is 5.09. The summed E-state index contributed by atoms with van der Waals surface area (Å²) in [7, 11) is 0. The second-order valence-electron chi connectivity index (χ2n) is 7.36. The fourth-order valence-electron chi connectivity index (χ4n) is 3.50. The minimum Gasteiger partial charge on any atom is -0.490 e. The highest BCUT2D eigenvalue weighted by Gasteiger charge is 2.34. The van der Waals surface area contributed by atoms with Gasteiger partial charge in [-0.1, -0.05) is 29.8 Å². The fourth-order valence-corrected chi connectivity index (χ4v) is 3.50. The lowest BCUT2D eigenvalue weighted by atomic mass is 10.1. The molecule has 2 aliphatic rings. The number of aryl methyl sites for hydroxylation is 1. The van der Waals surface area contributed by atoms with Gasteiger partial charge in [0.15, 0.2) is 11.5 Å². The van der Waals surface area contributed by atoms with Gasteiger partial charge in [0.1, 0.15) is 0 Å². The van der Waals surface area contributed by atoms with E-state index in [1.165, 1.54) is 5.56 Å². The number of benzene rings is 2. The monoisotopic (exact) mass is 380 g/mol. The molecule has 0 radical (unpaired) electrons. The molecule has 0 saturated carbocycles. The second-order valence-corrected chi connectivity index (χ2v) is 7.36. The molecular weight excluding hydrogens is 356 g/mol. The zero-order chi connectivity index (χ0) is 19.5. The van der Waals surface area contributed by atoms with Gasteiger partial charge in [-0.05, 0) is 24.6 Å². The van der Waals surface area contributed by atoms with E-state index in [1.54, 1.807) is 23.1 Å². The van der Waals surface area contributed by atoms with Crippen LogP contribution in [0.15, 0.2) is 42.5 Å². The molecule has 2 aliphatic heterocycles. The van der Waals surface area contributed by atoms with E-state index in [0.717, 1.165) is 12.0 Å². The van der Waals surface area contributed by atoms with Crippen molar-refractivity contribution in [2.45, 2.75) is 26.3 Å². The van der Waals surface area contributed by atoms with Crippen LogP contribution in [0.1, 0.15) is 24.0 Å². The first-order valence-electron chi connectivity index (χ1n) is 9.62. The van der Waals surface area contributed by atoms with Gasteiger partial charge in [0.2, 0.25) is 11.8 Å². The Kier molecular flexibility index (Phi) is 5.19. The predicted octanol–water partition coefficient (Wildman–Crippen LogP) is 3.14. The average Bonchev–Trinajstić information content (AvgIpc) is 2.89. The molecule has 1 N–H and O–H groups in total. The molecule has 146 valence electrons. The number of anilines is 1. The summed E-state index contributed by atoms with van der Waals surface area (Å²) in [6.07, 6.45) is 1.07. The van der Waals surface area contributed by atoms with Crippen molar-refractivity contribution >= 4 is 17.5 Å². The molecule has 28 heavy (non-hydrogen) atoms. The van der Waals surface area contributed by atoms with Gasteiger partial charge in [-0.3, -0.25) is 9.59 Å². The Balaban J connectivity index is 1.38. The van der Waals surface area contributed by atoms with Crippen LogP contribution in [-0.2, 0) is 16.1 Å². The van der Waals surface area contributed by atoms with Crippen molar-refractivity contribution in [1.82, 2.24) is 4.90 Å². The van der Waals surface area contributed by atoms with Gasteiger partial charge in [0, 0.05) is 37.7 Å². The lowest BCUT2D eigenvalue weighted by Gasteiger charge is -2.17. The minimum absolute atomic E-state index is 0.0133. The van der Waals surface area contributed by atoms with Gasteiger partial charge in [-0.2, -0.15) is 0 Å². The lowest BCUT2D eigenvalue weighted by molar-refractivity contribution is -0.128. The molecule has 2 heterocycles. The first-order chi connectivity index (χ1) is 13.6. The number of likely N-dealkylation sites (tertiary alicyclic amines) is 1. The Morgan fingerprint density at radius 1 is 1.11 bits per heavy atom. The Bertz CT molecular complexity index is 879. The molecule has 0 aromatic heterocycles. The summed E-state index contributed by atoms with van der Waals surface area (Å²) >= 11 is 0. The topological polar surface area (TPSA) is 67.9 Å². The summed E-state index contributed by atoms with van der Waals surface area (Å²) in [6.45, 7) is 4.22. The van der Waals surface area contributed by atoms with E-state index in [9.17, 15) is 9.59 Å². The van der Waals surface area contributed by atoms with Crippen LogP contribution in [0.3, 0.4) is 0 Å². The van der Waals surface area contributed by atoms with Gasteiger partial charge in [0.25, 0.3) is 0 Å². The Morgan fingerprint density at radius 2 is 1.86 bits per heavy atom. The highest BCUT2D eigenvalue weighted by atomic mass is 16.5. The van der Waals surface area contributed by atoms with Crippen LogP contribution in [0.25, 0.3) is 0 Å². The normalized spacial score (nSPS) is 18.7. The van der Waals surface area contributed by atoms with Crippen molar-refractivity contribution in [2.75, 3.05) is 25.1 Å². The van der Waals surface area contributed by atoms with Crippen LogP contribution in [0.2, 0.25) is 0 Å². The van der Waals surface area contributed by atoms with Crippen molar-refractivity contribution in [3.63, 3.8) is 0 Å². The van der Waals surface area contributed by atoms with Crippen LogP contribution >= 0.6 is 0 Å². The Hall–Kier alpha value is -3.02. The van der Waals surface area contributed by atoms with E-state index >= 15 is 0 Å². The predicted molar refractivity (Wildman–Crippen MR) is 105 cm³/mol. The number of ether oxygens (including phenoxy) is 2. The molecule has 2 aromatic carbocycles. The molecule has 1 saturated heterocycles. The number of carbonyl (C=O) groups excluding carboxylic acids is 2. The van der Waals surface area contributed by atoms with Crippen molar-refractivity contribution < 1.29 is 19.1 Å². The standard InChI is InChI=1S/C22H24N2O4/c1-15-3-5-16(6-4-15)13-24-14-17(11-21(24)25)22(26)23-18-7-8-19-20(12-18)28-10-2-9-27-19/h3-8,12,17H,2,9-11,13-14H2,1H3,(H,23,26). The third-order valence-corrected chi connectivity index (χ3v) is 5.09. The quantitative estimate of drug-likeness (QED) is 0.885. The molecular formula is C22H24N2O4. The molecule has 1 unspecified atom stereocenters. The van der Waals surface area contributed by atoms with Crippen LogP contribution in [0, 0.1) is 12.8 Å². The van der Waals surface area contributed by atoms with Gasteiger partial charge < -0.3 is 19.7 Å². The molecule has 1 fully saturated rings. The van der Waals surface area contributed by atoms with E-state index in [0.29, 0.717) is 43.5 Å². The maximum Gasteiger partial charge on any atom is 0.229 e. The van der Waals surface area contributed by atoms with Crippen molar-refractivity contribution in [2.24, 2.45) is 5.92 Å². The number of nitrogens with zero attached hydrogens (tertiary/aromatic N) is 1. The first kappa shape index (κ1) is 18.3. The van der Waals surface area contributed by atoms with Crippen molar-refractivity contribution in [3.8, 4) is 11.5 Å². The van der Waals surface area contributed by atoms with Gasteiger partial charge in [-0.25, -0.2) is 0 Å². The number of fused-ring (bicyclic) bond motifs is 1. The van der Waals surface area contributed by atoms with E-state index in [-0.39, 0.29) is 24.2 Å². The Labute approximate surface area is 164 Å². The van der Waals surface area contributed by atoms with Crippen LogP contribution < -0.4 is 14.8 Å². The largest absolute Gasteiger partial charge is 0.490 e. The highest BCUT2D eigenvalue weighted by Crippen LogP contribution is 2.32. The summed E-state index contributed by atoms with van der Waals surface area (Å²) in [5, 5.41) is 2.91. The van der Waals surface area contributed by atoms with E-state index in [4.69, 9.17) is 9.47 Å². The SMILES string of the molecule is Cc1ccc(CN2CC(C(=O)Nc3ccc4c(c3)OCCCO4)CC2=O)cc1. The molecule has 6 heteroatoms. The highest BCUT2D eigenvalue weighted by molar-refractivity contribution is 5.97. The zero-order valence-corrected chi connectivity index (χ0v) is 15.9. The average molecular weight is 380 g/mol. The molecule has 0 bridgehead atoms. The van der Waals surface area contributed by atoms with Gasteiger partial charge in [-0.15, -0.1) is 0 Å². The van der Waals surface area contributed by atoms with Crippen LogP contribution in [-0.4, -0.2) is 36.5 Å². The second kappa shape index (κ2) is 7.92. The fraction of sp³-hybridized carbons (Fsp3) is 0.364. The summed E-state index contributed by atoms with van der Waals surface area (Å²) < 4.78 is 11.3. The smallest absolute Gasteiger partial charge is 0.229 e. The lowest BCUT2D eigenvalue weighted by Crippen LogP contribution is -2.28. The van der Waals surface area contributed by atoms with Gasteiger partial charge >= 0.3 is 0 Å². The maximum atomic E-state index is 12.7.